The standard InChI is InChI=1S/C7H14O2.Li/c1-4-7(8)9-5-6(2)3;/h4,6,8H,5H2,1-3H3;/q;+1/p-1/b7-4+;. The van der Waals surface area contributed by atoms with Crippen LogP contribution in [0.4, 0.5) is 0 Å². The van der Waals surface area contributed by atoms with Crippen LogP contribution in [-0.2, 0) is 4.74 Å². The molecule has 0 atom stereocenters. The monoisotopic (exact) mass is 136 g/mol. The fourth-order valence-corrected chi connectivity index (χ4v) is 0.332. The zero-order valence-electron chi connectivity index (χ0n) is 7.18. The Bertz CT molecular complexity index is 99.8. The topological polar surface area (TPSA) is 32.3 Å². The molecule has 0 bridgehead atoms. The molecule has 10 heavy (non-hydrogen) atoms. The first-order valence-corrected chi connectivity index (χ1v) is 3.13. The van der Waals surface area contributed by atoms with Gasteiger partial charge in [-0.25, -0.2) is 0 Å². The maximum Gasteiger partial charge on any atom is 1.00 e. The molecule has 0 aromatic rings. The average Bonchev–Trinajstić information content (AvgIpc) is 1.83. The minimum absolute atomic E-state index is 0. The van der Waals surface area contributed by atoms with Crippen molar-refractivity contribution in [3.8, 4) is 0 Å². The van der Waals surface area contributed by atoms with Gasteiger partial charge in [0.1, 0.15) is 0 Å². The molecular formula is C7H13LiO2. The molecule has 54 valence electrons. The van der Waals surface area contributed by atoms with Gasteiger partial charge < -0.3 is 9.84 Å². The summed E-state index contributed by atoms with van der Waals surface area (Å²) in [6, 6.07) is 0. The van der Waals surface area contributed by atoms with Gasteiger partial charge in [0.2, 0.25) is 0 Å². The second-order valence-electron chi connectivity index (χ2n) is 2.31. The van der Waals surface area contributed by atoms with E-state index >= 15 is 0 Å². The summed E-state index contributed by atoms with van der Waals surface area (Å²) in [6.07, 6.45) is 1.42. The van der Waals surface area contributed by atoms with Crippen LogP contribution in [0.5, 0.6) is 0 Å². The van der Waals surface area contributed by atoms with E-state index in [1.807, 2.05) is 13.8 Å². The summed E-state index contributed by atoms with van der Waals surface area (Å²) in [4.78, 5) is 0. The number of ether oxygens (including phenoxy) is 1. The molecule has 0 aliphatic rings. The van der Waals surface area contributed by atoms with Gasteiger partial charge in [-0.3, -0.25) is 0 Å². The number of allylic oxidation sites excluding steroid dienone is 1. The second kappa shape index (κ2) is 7.05. The van der Waals surface area contributed by atoms with Gasteiger partial charge in [-0.1, -0.05) is 19.9 Å². The normalized spacial score (nSPS) is 11.0. The van der Waals surface area contributed by atoms with E-state index in [0.29, 0.717) is 12.5 Å². The van der Waals surface area contributed by atoms with Gasteiger partial charge in [0.25, 0.3) is 0 Å². The van der Waals surface area contributed by atoms with Crippen LogP contribution in [0.15, 0.2) is 12.0 Å². The van der Waals surface area contributed by atoms with Crippen LogP contribution >= 0.6 is 0 Å². The smallest absolute Gasteiger partial charge is 0.613 e. The summed E-state index contributed by atoms with van der Waals surface area (Å²) in [6.45, 7) is 6.19. The van der Waals surface area contributed by atoms with Crippen molar-refractivity contribution < 1.29 is 28.7 Å². The largest absolute Gasteiger partial charge is 1.00 e. The molecule has 3 heteroatoms. The summed E-state index contributed by atoms with van der Waals surface area (Å²) in [5.74, 6) is 0.192. The predicted molar refractivity (Wildman–Crippen MR) is 34.5 cm³/mol. The Hall–Kier alpha value is -0.0626. The molecule has 0 unspecified atom stereocenters. The Labute approximate surface area is 74.4 Å². The van der Waals surface area contributed by atoms with Crippen molar-refractivity contribution in [2.24, 2.45) is 5.92 Å². The van der Waals surface area contributed by atoms with Crippen molar-refractivity contribution in [2.45, 2.75) is 20.8 Å². The molecule has 0 aliphatic carbocycles. The fourth-order valence-electron chi connectivity index (χ4n) is 0.332. The summed E-state index contributed by atoms with van der Waals surface area (Å²) < 4.78 is 4.76. The van der Waals surface area contributed by atoms with Gasteiger partial charge in [-0.15, -0.1) is 0 Å². The maximum absolute atomic E-state index is 10.4. The zero-order chi connectivity index (χ0) is 7.28. The van der Waals surface area contributed by atoms with E-state index in [9.17, 15) is 5.11 Å². The van der Waals surface area contributed by atoms with Crippen LogP contribution in [0.25, 0.3) is 0 Å². The van der Waals surface area contributed by atoms with Gasteiger partial charge in [0, 0.05) is 5.95 Å². The van der Waals surface area contributed by atoms with Crippen molar-refractivity contribution in [2.75, 3.05) is 6.61 Å². The average molecular weight is 136 g/mol. The van der Waals surface area contributed by atoms with E-state index in [1.54, 1.807) is 6.92 Å². The van der Waals surface area contributed by atoms with Crippen LogP contribution < -0.4 is 24.0 Å². The van der Waals surface area contributed by atoms with Crippen LogP contribution in [0, 0.1) is 5.92 Å². The van der Waals surface area contributed by atoms with Crippen molar-refractivity contribution >= 4 is 0 Å². The molecule has 0 radical (unpaired) electrons. The first-order chi connectivity index (χ1) is 4.16. The van der Waals surface area contributed by atoms with E-state index < -0.39 is 0 Å². The van der Waals surface area contributed by atoms with Gasteiger partial charge in [0.15, 0.2) is 0 Å². The number of hydrogen-bond acceptors (Lipinski definition) is 2. The SMILES string of the molecule is C/C=C(\[O-])OCC(C)C.[Li+]. The molecule has 0 spiro atoms. The molecule has 0 heterocycles. The zero-order valence-corrected chi connectivity index (χ0v) is 7.18. The summed E-state index contributed by atoms with van der Waals surface area (Å²) >= 11 is 0. The van der Waals surface area contributed by atoms with Gasteiger partial charge in [-0.2, -0.15) is 0 Å². The van der Waals surface area contributed by atoms with E-state index in [1.165, 1.54) is 6.08 Å². The van der Waals surface area contributed by atoms with Crippen LogP contribution in [0.3, 0.4) is 0 Å². The second-order valence-corrected chi connectivity index (χ2v) is 2.31. The minimum atomic E-state index is -0.233. The van der Waals surface area contributed by atoms with E-state index in [0.717, 1.165) is 0 Å². The molecule has 0 rings (SSSR count). The first-order valence-electron chi connectivity index (χ1n) is 3.13. The van der Waals surface area contributed by atoms with Crippen LogP contribution in [-0.4, -0.2) is 6.61 Å². The predicted octanol–water partition coefficient (Wildman–Crippen LogP) is -2.12. The Kier molecular flexibility index (Phi) is 8.88. The molecule has 0 saturated heterocycles. The maximum atomic E-state index is 10.4. The Morgan fingerprint density at radius 2 is 2.10 bits per heavy atom. The van der Waals surface area contributed by atoms with Crippen molar-refractivity contribution in [3.63, 3.8) is 0 Å². The van der Waals surface area contributed by atoms with Gasteiger partial charge in [0.05, 0.1) is 0 Å². The molecule has 0 saturated carbocycles. The van der Waals surface area contributed by atoms with E-state index in [-0.39, 0.29) is 24.8 Å². The molecular weight excluding hydrogens is 123 g/mol. The molecule has 0 aromatic carbocycles. The van der Waals surface area contributed by atoms with E-state index in [2.05, 4.69) is 0 Å². The third-order valence-corrected chi connectivity index (χ3v) is 0.795. The Morgan fingerprint density at radius 3 is 2.40 bits per heavy atom. The fraction of sp³-hybridized carbons (Fsp3) is 0.714. The molecule has 0 aromatic heterocycles. The third-order valence-electron chi connectivity index (χ3n) is 0.795. The van der Waals surface area contributed by atoms with Crippen molar-refractivity contribution in [1.82, 2.24) is 0 Å². The number of hydrogen-bond donors (Lipinski definition) is 0. The van der Waals surface area contributed by atoms with Crippen molar-refractivity contribution in [3.05, 3.63) is 12.0 Å². The van der Waals surface area contributed by atoms with E-state index in [4.69, 9.17) is 4.74 Å². The summed E-state index contributed by atoms with van der Waals surface area (Å²) in [7, 11) is 0. The van der Waals surface area contributed by atoms with Crippen LogP contribution in [0.1, 0.15) is 20.8 Å². The molecule has 0 aliphatic heterocycles. The molecule has 0 amide bonds. The quantitative estimate of drug-likeness (QED) is 0.328. The number of rotatable bonds is 3. The summed E-state index contributed by atoms with van der Waals surface area (Å²) in [5, 5.41) is 10.4. The third kappa shape index (κ3) is 7.94. The molecule has 2 nitrogen and oxygen atoms in total. The summed E-state index contributed by atoms with van der Waals surface area (Å²) in [5.41, 5.74) is 0. The van der Waals surface area contributed by atoms with Gasteiger partial charge in [-0.05, 0) is 19.4 Å². The van der Waals surface area contributed by atoms with Crippen LogP contribution in [0.2, 0.25) is 0 Å². The van der Waals surface area contributed by atoms with Gasteiger partial charge >= 0.3 is 18.9 Å². The molecule has 0 fully saturated rings. The molecule has 0 N–H and O–H groups in total. The van der Waals surface area contributed by atoms with Crippen molar-refractivity contribution in [1.29, 1.82) is 0 Å². The first kappa shape index (κ1) is 12.6. The Morgan fingerprint density at radius 1 is 1.60 bits per heavy atom. The minimum Gasteiger partial charge on any atom is -0.613 e. The Balaban J connectivity index is 0.